The molecule has 0 spiro atoms. The lowest BCUT2D eigenvalue weighted by Gasteiger charge is -2.41. The first-order chi connectivity index (χ1) is 12.1. The summed E-state index contributed by atoms with van der Waals surface area (Å²) in [6.45, 7) is 3.73. The number of halogens is 1. The Morgan fingerprint density at radius 1 is 1.24 bits per heavy atom. The lowest BCUT2D eigenvalue weighted by molar-refractivity contribution is -0.122. The maximum Gasteiger partial charge on any atom is 0.241 e. The molecule has 6 heteroatoms. The molecule has 1 saturated heterocycles. The van der Waals surface area contributed by atoms with E-state index >= 15 is 0 Å². The highest BCUT2D eigenvalue weighted by molar-refractivity contribution is 9.10. The minimum Gasteiger partial charge on any atom is -0.325 e. The number of thiazole rings is 1. The van der Waals surface area contributed by atoms with Crippen molar-refractivity contribution in [3.8, 4) is 0 Å². The van der Waals surface area contributed by atoms with Crippen LogP contribution in [0.15, 0.2) is 53.0 Å². The van der Waals surface area contributed by atoms with Gasteiger partial charge in [0.15, 0.2) is 0 Å². The van der Waals surface area contributed by atoms with Gasteiger partial charge in [-0.3, -0.25) is 9.69 Å². The first-order valence-electron chi connectivity index (χ1n) is 8.26. The number of rotatable bonds is 4. The van der Waals surface area contributed by atoms with Crippen LogP contribution in [0.4, 0.5) is 5.69 Å². The molecule has 0 saturated carbocycles. The number of nitrogens with zero attached hydrogens (tertiary/aromatic N) is 2. The Bertz CT molecular complexity index is 869. The van der Waals surface area contributed by atoms with Gasteiger partial charge in [-0.2, -0.15) is 0 Å². The van der Waals surface area contributed by atoms with E-state index in [0.717, 1.165) is 28.8 Å². The molecule has 1 aromatic heterocycles. The number of aromatic nitrogens is 1. The molecule has 1 atom stereocenters. The third kappa shape index (κ3) is 3.47. The van der Waals surface area contributed by atoms with Gasteiger partial charge in [0.05, 0.1) is 21.3 Å². The number of hydrogen-bond acceptors (Lipinski definition) is 4. The fraction of sp³-hybridized carbons (Fsp3) is 0.263. The molecule has 1 N–H and O–H groups in total. The SMILES string of the molecule is CC(C(=O)Nc1ccc(Br)cc1)N1CC(c2nc3ccccc3s2)C1. The summed E-state index contributed by atoms with van der Waals surface area (Å²) in [5.74, 6) is 0.463. The van der Waals surface area contributed by atoms with Crippen LogP contribution in [-0.2, 0) is 4.79 Å². The quantitative estimate of drug-likeness (QED) is 0.682. The van der Waals surface area contributed by atoms with Crippen LogP contribution in [0.25, 0.3) is 10.2 Å². The molecule has 1 aliphatic rings. The minimum atomic E-state index is -0.144. The highest BCUT2D eigenvalue weighted by Crippen LogP contribution is 2.34. The summed E-state index contributed by atoms with van der Waals surface area (Å²) in [6, 6.07) is 15.7. The van der Waals surface area contributed by atoms with Crippen molar-refractivity contribution in [2.45, 2.75) is 18.9 Å². The summed E-state index contributed by atoms with van der Waals surface area (Å²) >= 11 is 5.16. The van der Waals surface area contributed by atoms with Crippen molar-refractivity contribution in [2.75, 3.05) is 18.4 Å². The Balaban J connectivity index is 1.36. The monoisotopic (exact) mass is 415 g/mol. The van der Waals surface area contributed by atoms with Gasteiger partial charge in [-0.15, -0.1) is 11.3 Å². The normalized spacial score (nSPS) is 16.6. The van der Waals surface area contributed by atoms with Crippen LogP contribution in [0, 0.1) is 0 Å². The third-order valence-corrected chi connectivity index (χ3v) is 6.34. The molecule has 1 aliphatic heterocycles. The molecule has 1 unspecified atom stereocenters. The van der Waals surface area contributed by atoms with E-state index in [1.807, 2.05) is 43.3 Å². The van der Waals surface area contributed by atoms with Crippen molar-refractivity contribution in [2.24, 2.45) is 0 Å². The summed E-state index contributed by atoms with van der Waals surface area (Å²) < 4.78 is 2.23. The lowest BCUT2D eigenvalue weighted by Crippen LogP contribution is -2.53. The standard InChI is InChI=1S/C19H18BrN3OS/c1-12(18(24)21-15-8-6-14(20)7-9-15)23-10-13(11-23)19-22-16-4-2-3-5-17(16)25-19/h2-9,12-13H,10-11H2,1H3,(H,21,24). The summed E-state index contributed by atoms with van der Waals surface area (Å²) in [5.41, 5.74) is 1.89. The van der Waals surface area contributed by atoms with Gasteiger partial charge in [-0.25, -0.2) is 4.98 Å². The van der Waals surface area contributed by atoms with Crippen molar-refractivity contribution in [1.82, 2.24) is 9.88 Å². The third-order valence-electron chi connectivity index (χ3n) is 4.61. The number of amides is 1. The van der Waals surface area contributed by atoms with Crippen molar-refractivity contribution < 1.29 is 4.79 Å². The Hall–Kier alpha value is -1.76. The molecule has 0 aliphatic carbocycles. The molecule has 4 rings (SSSR count). The van der Waals surface area contributed by atoms with Gasteiger partial charge < -0.3 is 5.32 Å². The van der Waals surface area contributed by atoms with Crippen LogP contribution in [-0.4, -0.2) is 34.9 Å². The predicted molar refractivity (Wildman–Crippen MR) is 106 cm³/mol. The molecular formula is C19H18BrN3OS. The number of hydrogen-bond donors (Lipinski definition) is 1. The van der Waals surface area contributed by atoms with Crippen molar-refractivity contribution in [1.29, 1.82) is 0 Å². The topological polar surface area (TPSA) is 45.2 Å². The Morgan fingerprint density at radius 2 is 1.96 bits per heavy atom. The average Bonchev–Trinajstić information content (AvgIpc) is 2.98. The highest BCUT2D eigenvalue weighted by atomic mass is 79.9. The molecule has 25 heavy (non-hydrogen) atoms. The minimum absolute atomic E-state index is 0.0325. The molecule has 0 radical (unpaired) electrons. The molecule has 3 aromatic rings. The number of fused-ring (bicyclic) bond motifs is 1. The van der Waals surface area contributed by atoms with Crippen LogP contribution in [0.5, 0.6) is 0 Å². The van der Waals surface area contributed by atoms with Gasteiger partial charge in [0.2, 0.25) is 5.91 Å². The number of para-hydroxylation sites is 1. The number of carbonyl (C=O) groups is 1. The maximum atomic E-state index is 12.4. The first kappa shape index (κ1) is 16.7. The number of benzene rings is 2. The zero-order chi connectivity index (χ0) is 17.4. The average molecular weight is 416 g/mol. The smallest absolute Gasteiger partial charge is 0.241 e. The fourth-order valence-electron chi connectivity index (χ4n) is 3.00. The fourth-order valence-corrected chi connectivity index (χ4v) is 4.31. The Labute approximate surface area is 159 Å². The summed E-state index contributed by atoms with van der Waals surface area (Å²) in [5, 5.41) is 4.16. The van der Waals surface area contributed by atoms with Crippen LogP contribution >= 0.6 is 27.3 Å². The van der Waals surface area contributed by atoms with Gasteiger partial charge in [0.1, 0.15) is 0 Å². The van der Waals surface area contributed by atoms with Crippen LogP contribution in [0.3, 0.4) is 0 Å². The van der Waals surface area contributed by atoms with Crippen molar-refractivity contribution in [3.63, 3.8) is 0 Å². The van der Waals surface area contributed by atoms with E-state index < -0.39 is 0 Å². The van der Waals surface area contributed by atoms with Gasteiger partial charge >= 0.3 is 0 Å². The first-order valence-corrected chi connectivity index (χ1v) is 9.87. The molecule has 1 fully saturated rings. The Morgan fingerprint density at radius 3 is 2.68 bits per heavy atom. The molecule has 1 amide bonds. The zero-order valence-corrected chi connectivity index (χ0v) is 16.2. The van der Waals surface area contributed by atoms with Crippen molar-refractivity contribution in [3.05, 3.63) is 58.0 Å². The predicted octanol–water partition coefficient (Wildman–Crippen LogP) is 4.49. The highest BCUT2D eigenvalue weighted by Gasteiger charge is 2.36. The van der Waals surface area contributed by atoms with Gasteiger partial charge in [-0.05, 0) is 43.3 Å². The number of nitrogens with one attached hydrogen (secondary N) is 1. The largest absolute Gasteiger partial charge is 0.325 e. The molecule has 4 nitrogen and oxygen atoms in total. The van der Waals surface area contributed by atoms with E-state index in [2.05, 4.69) is 38.3 Å². The van der Waals surface area contributed by atoms with Crippen LogP contribution in [0.1, 0.15) is 17.8 Å². The van der Waals surface area contributed by atoms with E-state index in [1.54, 1.807) is 11.3 Å². The van der Waals surface area contributed by atoms with E-state index in [-0.39, 0.29) is 11.9 Å². The van der Waals surface area contributed by atoms with Gasteiger partial charge in [0.25, 0.3) is 0 Å². The molecule has 128 valence electrons. The van der Waals surface area contributed by atoms with E-state index in [9.17, 15) is 4.79 Å². The van der Waals surface area contributed by atoms with E-state index in [0.29, 0.717) is 5.92 Å². The maximum absolute atomic E-state index is 12.4. The van der Waals surface area contributed by atoms with Gasteiger partial charge in [0, 0.05) is 29.2 Å². The van der Waals surface area contributed by atoms with Crippen LogP contribution < -0.4 is 5.32 Å². The summed E-state index contributed by atoms with van der Waals surface area (Å²) in [6.07, 6.45) is 0. The number of anilines is 1. The second kappa shape index (κ2) is 6.86. The molecule has 0 bridgehead atoms. The molecule has 2 aromatic carbocycles. The summed E-state index contributed by atoms with van der Waals surface area (Å²) in [4.78, 5) is 19.4. The second-order valence-corrected chi connectivity index (χ2v) is 8.32. The lowest BCUT2D eigenvalue weighted by atomic mass is 9.98. The summed E-state index contributed by atoms with van der Waals surface area (Å²) in [7, 11) is 0. The number of likely N-dealkylation sites (tertiary alicyclic amines) is 1. The van der Waals surface area contributed by atoms with Crippen molar-refractivity contribution >= 4 is 49.1 Å². The van der Waals surface area contributed by atoms with E-state index in [4.69, 9.17) is 4.98 Å². The Kier molecular flexibility index (Phi) is 4.58. The number of carbonyl (C=O) groups excluding carboxylic acids is 1. The van der Waals surface area contributed by atoms with Gasteiger partial charge in [-0.1, -0.05) is 28.1 Å². The molecule has 2 heterocycles. The van der Waals surface area contributed by atoms with E-state index in [1.165, 1.54) is 9.71 Å². The van der Waals surface area contributed by atoms with Crippen LogP contribution in [0.2, 0.25) is 0 Å². The molecular weight excluding hydrogens is 398 g/mol. The second-order valence-electron chi connectivity index (χ2n) is 6.34. The zero-order valence-electron chi connectivity index (χ0n) is 13.8.